The Kier molecular flexibility index (Phi) is 11.2. The van der Waals surface area contributed by atoms with Gasteiger partial charge in [0.2, 0.25) is 0 Å². The van der Waals surface area contributed by atoms with Crippen LogP contribution in [0.15, 0.2) is 77.8 Å². The van der Waals surface area contributed by atoms with Gasteiger partial charge in [-0.25, -0.2) is 4.99 Å². The average molecular weight is 616 g/mol. The lowest BCUT2D eigenvalue weighted by molar-refractivity contribution is -0.137. The van der Waals surface area contributed by atoms with Gasteiger partial charge in [0, 0.05) is 13.1 Å². The minimum atomic E-state index is -4.38. The molecule has 0 aromatic heterocycles. The molecule has 9 heteroatoms. The van der Waals surface area contributed by atoms with Gasteiger partial charge in [-0.05, 0) is 65.4 Å². The van der Waals surface area contributed by atoms with E-state index in [1.165, 1.54) is 12.1 Å². The average Bonchev–Trinajstić information content (AvgIpc) is 2.84. The predicted molar refractivity (Wildman–Crippen MR) is 147 cm³/mol. The van der Waals surface area contributed by atoms with E-state index in [-0.39, 0.29) is 24.0 Å². The number of rotatable bonds is 8. The Balaban J connectivity index is 0.00000432. The van der Waals surface area contributed by atoms with Gasteiger partial charge in [0.1, 0.15) is 11.5 Å². The third kappa shape index (κ3) is 8.64. The van der Waals surface area contributed by atoms with Gasteiger partial charge in [0.15, 0.2) is 5.17 Å². The molecule has 0 spiro atoms. The van der Waals surface area contributed by atoms with Crippen LogP contribution in [0.4, 0.5) is 18.9 Å². The maximum Gasteiger partial charge on any atom is 0.416 e. The van der Waals surface area contributed by atoms with E-state index in [1.54, 1.807) is 26.0 Å². The van der Waals surface area contributed by atoms with Crippen LogP contribution < -0.4 is 9.47 Å². The largest absolute Gasteiger partial charge is 0.497 e. The Bertz CT molecular complexity index is 1020. The summed E-state index contributed by atoms with van der Waals surface area (Å²) in [7, 11) is 3.25. The molecule has 3 rings (SSSR count). The van der Waals surface area contributed by atoms with E-state index in [4.69, 9.17) is 14.5 Å². The molecule has 0 N–H and O–H groups in total. The minimum Gasteiger partial charge on any atom is -0.497 e. The zero-order valence-corrected chi connectivity index (χ0v) is 22.9. The first-order valence-corrected chi connectivity index (χ1v) is 11.7. The number of amidine groups is 1. The third-order valence-corrected chi connectivity index (χ3v) is 5.92. The summed E-state index contributed by atoms with van der Waals surface area (Å²) < 4.78 is 49.4. The fraction of sp³-hybridized carbons (Fsp3) is 0.269. The molecule has 0 amide bonds. The highest BCUT2D eigenvalue weighted by molar-refractivity contribution is 14.0. The summed E-state index contributed by atoms with van der Waals surface area (Å²) in [5, 5.41) is 0.730. The highest BCUT2D eigenvalue weighted by atomic mass is 127. The fourth-order valence-corrected chi connectivity index (χ4v) is 3.99. The number of hydrogen-bond acceptors (Lipinski definition) is 4. The molecule has 0 aliphatic carbocycles. The Morgan fingerprint density at radius 3 is 1.63 bits per heavy atom. The molecule has 0 unspecified atom stereocenters. The predicted octanol–water partition coefficient (Wildman–Crippen LogP) is 7.78. The number of hydrogen-bond donors (Lipinski definition) is 0. The highest BCUT2D eigenvalue weighted by Crippen LogP contribution is 2.31. The molecule has 35 heavy (non-hydrogen) atoms. The van der Waals surface area contributed by atoms with Crippen LogP contribution >= 0.6 is 35.7 Å². The number of aliphatic imine (C=N–C) groups is 1. The van der Waals surface area contributed by atoms with E-state index in [1.807, 2.05) is 55.5 Å². The van der Waals surface area contributed by atoms with Crippen molar-refractivity contribution >= 4 is 46.6 Å². The van der Waals surface area contributed by atoms with Crippen molar-refractivity contribution in [1.29, 1.82) is 0 Å². The van der Waals surface area contributed by atoms with Crippen molar-refractivity contribution in [2.75, 3.05) is 20.0 Å². The first kappa shape index (κ1) is 28.8. The molecular formula is C26H28F3IN2O2S. The number of nitrogens with zero attached hydrogens (tertiary/aromatic N) is 2. The smallest absolute Gasteiger partial charge is 0.416 e. The molecule has 0 heterocycles. The van der Waals surface area contributed by atoms with E-state index in [0.29, 0.717) is 18.8 Å². The van der Waals surface area contributed by atoms with Gasteiger partial charge in [-0.3, -0.25) is 0 Å². The van der Waals surface area contributed by atoms with Crippen LogP contribution in [0.5, 0.6) is 11.5 Å². The highest BCUT2D eigenvalue weighted by Gasteiger charge is 2.30. The lowest BCUT2D eigenvalue weighted by Crippen LogP contribution is -2.28. The molecule has 188 valence electrons. The van der Waals surface area contributed by atoms with Crippen molar-refractivity contribution in [3.8, 4) is 11.5 Å². The normalized spacial score (nSPS) is 11.5. The van der Waals surface area contributed by atoms with Crippen LogP contribution in [-0.4, -0.2) is 30.0 Å². The summed E-state index contributed by atoms with van der Waals surface area (Å²) in [6, 6.07) is 20.5. The topological polar surface area (TPSA) is 34.1 Å². The Hall–Kier alpha value is -2.40. The summed E-state index contributed by atoms with van der Waals surface area (Å²) in [6.07, 6.45) is -4.38. The Labute approximate surface area is 225 Å². The molecule has 0 radical (unpaired) electrons. The summed E-state index contributed by atoms with van der Waals surface area (Å²) in [5.41, 5.74) is 1.90. The SMILES string of the molecule is CCSC(=Nc1ccc(C(F)(F)F)cc1)N(Cc1ccc(OC)cc1)Cc1ccc(OC)cc1.I. The first-order chi connectivity index (χ1) is 16.3. The fourth-order valence-electron chi connectivity index (χ4n) is 3.25. The molecule has 3 aromatic carbocycles. The van der Waals surface area contributed by atoms with Crippen molar-refractivity contribution in [3.63, 3.8) is 0 Å². The molecule has 3 aromatic rings. The van der Waals surface area contributed by atoms with Crippen LogP contribution in [-0.2, 0) is 19.3 Å². The van der Waals surface area contributed by atoms with Crippen molar-refractivity contribution in [3.05, 3.63) is 89.5 Å². The molecule has 4 nitrogen and oxygen atoms in total. The maximum atomic E-state index is 13.0. The van der Waals surface area contributed by atoms with Gasteiger partial charge in [0.05, 0.1) is 25.5 Å². The second-order valence-electron chi connectivity index (χ2n) is 7.42. The lowest BCUT2D eigenvalue weighted by Gasteiger charge is -2.26. The Morgan fingerprint density at radius 1 is 0.800 bits per heavy atom. The number of ether oxygens (including phenoxy) is 2. The number of methoxy groups -OCH3 is 2. The summed E-state index contributed by atoms with van der Waals surface area (Å²) in [4.78, 5) is 6.84. The van der Waals surface area contributed by atoms with Crippen LogP contribution in [0.3, 0.4) is 0 Å². The van der Waals surface area contributed by atoms with Crippen molar-refractivity contribution in [2.24, 2.45) is 4.99 Å². The summed E-state index contributed by atoms with van der Waals surface area (Å²) in [5.74, 6) is 2.31. The number of halogens is 4. The van der Waals surface area contributed by atoms with Gasteiger partial charge >= 0.3 is 6.18 Å². The number of benzene rings is 3. The van der Waals surface area contributed by atoms with Gasteiger partial charge in [-0.15, -0.1) is 24.0 Å². The zero-order valence-electron chi connectivity index (χ0n) is 19.7. The molecule has 0 saturated heterocycles. The van der Waals surface area contributed by atoms with Crippen LogP contribution in [0, 0.1) is 0 Å². The van der Waals surface area contributed by atoms with Crippen molar-refractivity contribution < 1.29 is 22.6 Å². The van der Waals surface area contributed by atoms with Gasteiger partial charge in [-0.2, -0.15) is 13.2 Å². The van der Waals surface area contributed by atoms with Gasteiger partial charge in [-0.1, -0.05) is 43.0 Å². The van der Waals surface area contributed by atoms with Crippen LogP contribution in [0.1, 0.15) is 23.6 Å². The summed E-state index contributed by atoms with van der Waals surface area (Å²) >= 11 is 1.55. The molecule has 0 aliphatic rings. The third-order valence-electron chi connectivity index (χ3n) is 5.03. The molecule has 0 atom stereocenters. The second kappa shape index (κ2) is 13.6. The van der Waals surface area contributed by atoms with E-state index < -0.39 is 11.7 Å². The van der Waals surface area contributed by atoms with Crippen molar-refractivity contribution in [1.82, 2.24) is 4.90 Å². The molecular weight excluding hydrogens is 588 g/mol. The monoisotopic (exact) mass is 616 g/mol. The minimum absolute atomic E-state index is 0. The van der Waals surface area contributed by atoms with Crippen molar-refractivity contribution in [2.45, 2.75) is 26.2 Å². The second-order valence-corrected chi connectivity index (χ2v) is 8.66. The number of alkyl halides is 3. The lowest BCUT2D eigenvalue weighted by atomic mass is 10.1. The molecule has 0 fully saturated rings. The van der Waals surface area contributed by atoms with E-state index >= 15 is 0 Å². The number of thioether (sulfide) groups is 1. The first-order valence-electron chi connectivity index (χ1n) is 10.7. The Morgan fingerprint density at radius 2 is 1.26 bits per heavy atom. The van der Waals surface area contributed by atoms with E-state index in [9.17, 15) is 13.2 Å². The van der Waals surface area contributed by atoms with Crippen LogP contribution in [0.2, 0.25) is 0 Å². The summed E-state index contributed by atoms with van der Waals surface area (Å²) in [6.45, 7) is 3.16. The van der Waals surface area contributed by atoms with Gasteiger partial charge < -0.3 is 14.4 Å². The zero-order chi connectivity index (χ0) is 24.6. The quantitative estimate of drug-likeness (QED) is 0.147. The molecule has 0 bridgehead atoms. The molecule has 0 aliphatic heterocycles. The van der Waals surface area contributed by atoms with Gasteiger partial charge in [0.25, 0.3) is 0 Å². The maximum absolute atomic E-state index is 13.0. The van der Waals surface area contributed by atoms with Crippen LogP contribution in [0.25, 0.3) is 0 Å². The van der Waals surface area contributed by atoms with E-state index in [2.05, 4.69) is 4.90 Å². The van der Waals surface area contributed by atoms with E-state index in [0.717, 1.165) is 45.7 Å². The molecule has 0 saturated carbocycles. The standard InChI is InChI=1S/C26H27F3N2O2S.HI/c1-4-34-25(30-22-11-9-21(10-12-22)26(27,28)29)31(17-19-5-13-23(32-2)14-6-19)18-20-7-15-24(33-3)16-8-20;/h5-16H,4,17-18H2,1-3H3;1H.